The van der Waals surface area contributed by atoms with Crippen molar-refractivity contribution in [3.05, 3.63) is 24.3 Å². The van der Waals surface area contributed by atoms with Crippen LogP contribution >= 0.6 is 0 Å². The Kier molecular flexibility index (Phi) is 5.16. The lowest BCUT2D eigenvalue weighted by molar-refractivity contribution is -0.116. The highest BCUT2D eigenvalue weighted by atomic mass is 16.2. The summed E-state index contributed by atoms with van der Waals surface area (Å²) in [7, 11) is 1.80. The molecule has 0 radical (unpaired) electrons. The Bertz CT molecular complexity index is 387. The molecular formula is C12H17N3O2. The number of hydrogen-bond donors (Lipinski definition) is 3. The lowest BCUT2D eigenvalue weighted by atomic mass is 10.2. The molecule has 0 saturated carbocycles. The van der Waals surface area contributed by atoms with E-state index in [1.54, 1.807) is 31.3 Å². The third kappa shape index (κ3) is 5.12. The molecule has 0 spiro atoms. The second kappa shape index (κ2) is 6.65. The van der Waals surface area contributed by atoms with Gasteiger partial charge in [-0.1, -0.05) is 0 Å². The van der Waals surface area contributed by atoms with E-state index in [1.165, 1.54) is 6.92 Å². The molecule has 2 amide bonds. The van der Waals surface area contributed by atoms with Gasteiger partial charge in [0.25, 0.3) is 0 Å². The summed E-state index contributed by atoms with van der Waals surface area (Å²) in [5, 5.41) is 8.33. The first-order chi connectivity index (χ1) is 8.11. The van der Waals surface area contributed by atoms with Gasteiger partial charge in [0.1, 0.15) is 0 Å². The molecule has 5 heteroatoms. The monoisotopic (exact) mass is 235 g/mol. The summed E-state index contributed by atoms with van der Waals surface area (Å²) >= 11 is 0. The minimum Gasteiger partial charge on any atom is -0.326 e. The van der Waals surface area contributed by atoms with Gasteiger partial charge in [0.15, 0.2) is 0 Å². The van der Waals surface area contributed by atoms with Crippen molar-refractivity contribution in [2.75, 3.05) is 24.2 Å². The number of hydrogen-bond acceptors (Lipinski definition) is 3. The maximum atomic E-state index is 11.4. The van der Waals surface area contributed by atoms with Crippen LogP contribution < -0.4 is 16.0 Å². The molecule has 0 saturated heterocycles. The van der Waals surface area contributed by atoms with Crippen LogP contribution in [0.15, 0.2) is 24.3 Å². The molecule has 3 N–H and O–H groups in total. The fraction of sp³-hybridized carbons (Fsp3) is 0.333. The van der Waals surface area contributed by atoms with Gasteiger partial charge in [-0.15, -0.1) is 0 Å². The largest absolute Gasteiger partial charge is 0.326 e. The zero-order chi connectivity index (χ0) is 12.7. The van der Waals surface area contributed by atoms with Crippen LogP contribution in [0.1, 0.15) is 13.3 Å². The summed E-state index contributed by atoms with van der Waals surface area (Å²) in [4.78, 5) is 22.2. The Morgan fingerprint density at radius 2 is 1.59 bits per heavy atom. The van der Waals surface area contributed by atoms with Crippen molar-refractivity contribution in [3.8, 4) is 0 Å². The molecule has 0 atom stereocenters. The number of carbonyl (C=O) groups excluding carboxylic acids is 2. The van der Waals surface area contributed by atoms with Crippen LogP contribution in [0.4, 0.5) is 11.4 Å². The van der Waals surface area contributed by atoms with Gasteiger partial charge in [-0.25, -0.2) is 0 Å². The fourth-order valence-electron chi connectivity index (χ4n) is 1.30. The summed E-state index contributed by atoms with van der Waals surface area (Å²) in [5.41, 5.74) is 1.44. The molecule has 0 aliphatic rings. The summed E-state index contributed by atoms with van der Waals surface area (Å²) < 4.78 is 0. The minimum absolute atomic E-state index is 0.0355. The predicted octanol–water partition coefficient (Wildman–Crippen LogP) is 1.19. The van der Waals surface area contributed by atoms with Crippen LogP contribution in [-0.4, -0.2) is 25.4 Å². The number of amides is 2. The van der Waals surface area contributed by atoms with Gasteiger partial charge in [0.2, 0.25) is 11.8 Å². The van der Waals surface area contributed by atoms with Crippen LogP contribution in [0, 0.1) is 0 Å². The Labute approximate surface area is 101 Å². The Morgan fingerprint density at radius 3 is 2.06 bits per heavy atom. The molecule has 5 nitrogen and oxygen atoms in total. The molecule has 0 aliphatic heterocycles. The van der Waals surface area contributed by atoms with E-state index in [9.17, 15) is 9.59 Å². The van der Waals surface area contributed by atoms with Crippen molar-refractivity contribution < 1.29 is 9.59 Å². The number of rotatable bonds is 5. The molecule has 0 aromatic heterocycles. The first-order valence-electron chi connectivity index (χ1n) is 5.44. The lowest BCUT2D eigenvalue weighted by Gasteiger charge is -2.06. The molecular weight excluding hydrogens is 218 g/mol. The Balaban J connectivity index is 2.50. The van der Waals surface area contributed by atoms with Crippen molar-refractivity contribution in [2.45, 2.75) is 13.3 Å². The van der Waals surface area contributed by atoms with E-state index in [-0.39, 0.29) is 11.8 Å². The molecule has 1 rings (SSSR count). The van der Waals surface area contributed by atoms with E-state index >= 15 is 0 Å². The Hall–Kier alpha value is -1.88. The fourth-order valence-corrected chi connectivity index (χ4v) is 1.30. The number of carbonyl (C=O) groups is 2. The zero-order valence-corrected chi connectivity index (χ0v) is 10.0. The van der Waals surface area contributed by atoms with Crippen molar-refractivity contribution in [2.24, 2.45) is 0 Å². The Morgan fingerprint density at radius 1 is 1.06 bits per heavy atom. The van der Waals surface area contributed by atoms with Crippen molar-refractivity contribution in [3.63, 3.8) is 0 Å². The normalized spacial score (nSPS) is 9.76. The maximum Gasteiger partial charge on any atom is 0.225 e. The highest BCUT2D eigenvalue weighted by Crippen LogP contribution is 2.13. The van der Waals surface area contributed by atoms with Crippen LogP contribution in [-0.2, 0) is 9.59 Å². The molecule has 0 aliphatic carbocycles. The summed E-state index contributed by atoms with van der Waals surface area (Å²) in [6.45, 7) is 2.10. The van der Waals surface area contributed by atoms with Crippen LogP contribution in [0.2, 0.25) is 0 Å². The zero-order valence-electron chi connectivity index (χ0n) is 10.0. The SMILES string of the molecule is CNCCC(=O)Nc1ccc(NC(C)=O)cc1. The maximum absolute atomic E-state index is 11.4. The van der Waals surface area contributed by atoms with Crippen molar-refractivity contribution in [1.82, 2.24) is 5.32 Å². The molecule has 17 heavy (non-hydrogen) atoms. The number of benzene rings is 1. The third-order valence-corrected chi connectivity index (χ3v) is 2.09. The average molecular weight is 235 g/mol. The van der Waals surface area contributed by atoms with Gasteiger partial charge in [-0.05, 0) is 31.3 Å². The van der Waals surface area contributed by atoms with Crippen molar-refractivity contribution in [1.29, 1.82) is 0 Å². The van der Waals surface area contributed by atoms with E-state index in [2.05, 4.69) is 16.0 Å². The molecule has 1 aromatic rings. The quantitative estimate of drug-likeness (QED) is 0.718. The predicted molar refractivity (Wildman–Crippen MR) is 67.9 cm³/mol. The summed E-state index contributed by atoms with van der Waals surface area (Å²) in [6.07, 6.45) is 0.434. The van der Waals surface area contributed by atoms with Crippen molar-refractivity contribution >= 4 is 23.2 Å². The second-order valence-electron chi connectivity index (χ2n) is 3.66. The highest BCUT2D eigenvalue weighted by Gasteiger charge is 2.01. The van der Waals surface area contributed by atoms with Crippen LogP contribution in [0.25, 0.3) is 0 Å². The second-order valence-corrected chi connectivity index (χ2v) is 3.66. The number of anilines is 2. The first kappa shape index (κ1) is 13.2. The molecule has 1 aromatic carbocycles. The van der Waals surface area contributed by atoms with Gasteiger partial charge in [0, 0.05) is 31.3 Å². The van der Waals surface area contributed by atoms with Crippen LogP contribution in [0.3, 0.4) is 0 Å². The van der Waals surface area contributed by atoms with E-state index in [1.807, 2.05) is 0 Å². The van der Waals surface area contributed by atoms with E-state index < -0.39 is 0 Å². The summed E-state index contributed by atoms with van der Waals surface area (Å²) in [5.74, 6) is -0.151. The van der Waals surface area contributed by atoms with Crippen LogP contribution in [0.5, 0.6) is 0 Å². The highest BCUT2D eigenvalue weighted by molar-refractivity contribution is 5.92. The van der Waals surface area contributed by atoms with Gasteiger partial charge in [-0.2, -0.15) is 0 Å². The molecule has 0 heterocycles. The average Bonchev–Trinajstić information content (AvgIpc) is 2.28. The summed E-state index contributed by atoms with van der Waals surface area (Å²) in [6, 6.07) is 7.00. The van der Waals surface area contributed by atoms with E-state index in [0.717, 1.165) is 5.69 Å². The molecule has 0 fully saturated rings. The van der Waals surface area contributed by atoms with Gasteiger partial charge < -0.3 is 16.0 Å². The van der Waals surface area contributed by atoms with Gasteiger partial charge in [0.05, 0.1) is 0 Å². The first-order valence-corrected chi connectivity index (χ1v) is 5.44. The molecule has 0 bridgehead atoms. The standard InChI is InChI=1S/C12H17N3O2/c1-9(16)14-10-3-5-11(6-4-10)15-12(17)7-8-13-2/h3-6,13H,7-8H2,1-2H3,(H,14,16)(H,15,17). The lowest BCUT2D eigenvalue weighted by Crippen LogP contribution is -2.18. The van der Waals surface area contributed by atoms with Gasteiger partial charge in [-0.3, -0.25) is 9.59 Å². The minimum atomic E-state index is -0.115. The third-order valence-electron chi connectivity index (χ3n) is 2.09. The topological polar surface area (TPSA) is 70.2 Å². The molecule has 0 unspecified atom stereocenters. The number of nitrogens with one attached hydrogen (secondary N) is 3. The molecule has 92 valence electrons. The smallest absolute Gasteiger partial charge is 0.225 e. The van der Waals surface area contributed by atoms with Gasteiger partial charge >= 0.3 is 0 Å². The van der Waals surface area contributed by atoms with E-state index in [0.29, 0.717) is 18.7 Å². The van der Waals surface area contributed by atoms with E-state index in [4.69, 9.17) is 0 Å².